The van der Waals surface area contributed by atoms with Crippen LogP contribution in [0.5, 0.6) is 5.75 Å². The van der Waals surface area contributed by atoms with E-state index in [0.717, 1.165) is 47.9 Å². The molecule has 0 saturated heterocycles. The first-order valence-corrected chi connectivity index (χ1v) is 11.2. The van der Waals surface area contributed by atoms with Crippen LogP contribution in [-0.2, 0) is 16.1 Å². The zero-order valence-electron chi connectivity index (χ0n) is 19.1. The Bertz CT molecular complexity index is 881. The highest BCUT2D eigenvalue weighted by molar-refractivity contribution is 5.88. The van der Waals surface area contributed by atoms with Gasteiger partial charge in [0.15, 0.2) is 6.61 Å². The minimum atomic E-state index is -0.572. The molecule has 5 nitrogen and oxygen atoms in total. The van der Waals surface area contributed by atoms with Crippen LogP contribution in [0.4, 0.5) is 0 Å². The first-order valence-electron chi connectivity index (χ1n) is 11.2. The Labute approximate surface area is 185 Å². The zero-order valence-corrected chi connectivity index (χ0v) is 19.1. The van der Waals surface area contributed by atoms with E-state index in [0.29, 0.717) is 12.3 Å². The standard InChI is InChI=1S/C26H34N2O3/c1-18-9-11-22(12-10-18)16-28(21(4)26(30)27-23-7-5-6-8-23)25(29)17-31-24-14-19(2)13-20(3)15-24/h9-15,21,23H,5-8,16-17H2,1-4H3,(H,27,30)/t21-/m0/s1. The van der Waals surface area contributed by atoms with Crippen molar-refractivity contribution in [3.05, 3.63) is 64.7 Å². The highest BCUT2D eigenvalue weighted by Crippen LogP contribution is 2.19. The van der Waals surface area contributed by atoms with Crippen molar-refractivity contribution in [3.63, 3.8) is 0 Å². The van der Waals surface area contributed by atoms with E-state index in [4.69, 9.17) is 4.74 Å². The van der Waals surface area contributed by atoms with Gasteiger partial charge in [0.05, 0.1) is 0 Å². The van der Waals surface area contributed by atoms with E-state index in [2.05, 4.69) is 11.4 Å². The summed E-state index contributed by atoms with van der Waals surface area (Å²) in [6.07, 6.45) is 4.32. The van der Waals surface area contributed by atoms with Gasteiger partial charge in [0.25, 0.3) is 5.91 Å². The summed E-state index contributed by atoms with van der Waals surface area (Å²) in [7, 11) is 0. The van der Waals surface area contributed by atoms with Gasteiger partial charge in [-0.05, 0) is 69.4 Å². The summed E-state index contributed by atoms with van der Waals surface area (Å²) in [6, 6.07) is 13.6. The third kappa shape index (κ3) is 6.58. The number of nitrogens with one attached hydrogen (secondary N) is 1. The molecule has 166 valence electrons. The van der Waals surface area contributed by atoms with E-state index in [1.54, 1.807) is 11.8 Å². The van der Waals surface area contributed by atoms with E-state index in [-0.39, 0.29) is 24.5 Å². The molecular formula is C26H34N2O3. The van der Waals surface area contributed by atoms with Gasteiger partial charge in [-0.15, -0.1) is 0 Å². The maximum absolute atomic E-state index is 13.2. The van der Waals surface area contributed by atoms with Gasteiger partial charge >= 0.3 is 0 Å². The molecule has 1 saturated carbocycles. The molecule has 1 atom stereocenters. The number of hydrogen-bond donors (Lipinski definition) is 1. The van der Waals surface area contributed by atoms with Crippen LogP contribution in [-0.4, -0.2) is 35.4 Å². The molecule has 31 heavy (non-hydrogen) atoms. The van der Waals surface area contributed by atoms with Crippen molar-refractivity contribution in [1.82, 2.24) is 10.2 Å². The van der Waals surface area contributed by atoms with Crippen LogP contribution in [0.1, 0.15) is 54.9 Å². The fraction of sp³-hybridized carbons (Fsp3) is 0.462. The van der Waals surface area contributed by atoms with Crippen LogP contribution in [0.3, 0.4) is 0 Å². The lowest BCUT2D eigenvalue weighted by molar-refractivity contribution is -0.142. The molecule has 2 aromatic rings. The fourth-order valence-electron chi connectivity index (χ4n) is 4.11. The molecule has 0 aliphatic heterocycles. The Hall–Kier alpha value is -2.82. The fourth-order valence-corrected chi connectivity index (χ4v) is 4.11. The van der Waals surface area contributed by atoms with Gasteiger partial charge in [0.1, 0.15) is 11.8 Å². The normalized spacial score (nSPS) is 14.8. The average Bonchev–Trinajstić information content (AvgIpc) is 3.23. The quantitative estimate of drug-likeness (QED) is 0.683. The Morgan fingerprint density at radius 3 is 2.23 bits per heavy atom. The lowest BCUT2D eigenvalue weighted by atomic mass is 10.1. The summed E-state index contributed by atoms with van der Waals surface area (Å²) in [5, 5.41) is 3.12. The van der Waals surface area contributed by atoms with E-state index in [9.17, 15) is 9.59 Å². The minimum absolute atomic E-state index is 0.0984. The molecule has 1 aliphatic rings. The second-order valence-electron chi connectivity index (χ2n) is 8.79. The third-order valence-electron chi connectivity index (χ3n) is 5.90. The van der Waals surface area contributed by atoms with Crippen LogP contribution < -0.4 is 10.1 Å². The van der Waals surface area contributed by atoms with Crippen molar-refractivity contribution in [2.45, 2.75) is 72.0 Å². The van der Waals surface area contributed by atoms with Crippen molar-refractivity contribution in [1.29, 1.82) is 0 Å². The van der Waals surface area contributed by atoms with Crippen LogP contribution >= 0.6 is 0 Å². The first-order chi connectivity index (χ1) is 14.8. The highest BCUT2D eigenvalue weighted by Gasteiger charge is 2.28. The van der Waals surface area contributed by atoms with E-state index in [1.165, 1.54) is 0 Å². The van der Waals surface area contributed by atoms with Gasteiger partial charge in [-0.2, -0.15) is 0 Å². The molecule has 0 spiro atoms. The average molecular weight is 423 g/mol. The lowest BCUT2D eigenvalue weighted by Crippen LogP contribution is -2.50. The number of benzene rings is 2. The van der Waals surface area contributed by atoms with Crippen molar-refractivity contribution < 1.29 is 14.3 Å². The largest absolute Gasteiger partial charge is 0.484 e. The highest BCUT2D eigenvalue weighted by atomic mass is 16.5. The minimum Gasteiger partial charge on any atom is -0.484 e. The number of rotatable bonds is 8. The summed E-state index contributed by atoms with van der Waals surface area (Å²) < 4.78 is 5.81. The number of carbonyl (C=O) groups excluding carboxylic acids is 2. The number of hydrogen-bond acceptors (Lipinski definition) is 3. The molecule has 3 rings (SSSR count). The van der Waals surface area contributed by atoms with Crippen LogP contribution in [0.15, 0.2) is 42.5 Å². The van der Waals surface area contributed by atoms with Gasteiger partial charge < -0.3 is 15.0 Å². The number of carbonyl (C=O) groups is 2. The lowest BCUT2D eigenvalue weighted by Gasteiger charge is -2.29. The summed E-state index contributed by atoms with van der Waals surface area (Å²) in [5.41, 5.74) is 4.32. The molecule has 0 aromatic heterocycles. The second-order valence-corrected chi connectivity index (χ2v) is 8.79. The Morgan fingerprint density at radius 1 is 1.00 bits per heavy atom. The number of nitrogens with zero attached hydrogens (tertiary/aromatic N) is 1. The maximum atomic E-state index is 13.2. The maximum Gasteiger partial charge on any atom is 0.261 e. The molecular weight excluding hydrogens is 388 g/mol. The summed E-state index contributed by atoms with van der Waals surface area (Å²) >= 11 is 0. The van der Waals surface area contributed by atoms with Crippen molar-refractivity contribution in [2.24, 2.45) is 0 Å². The molecule has 0 radical (unpaired) electrons. The predicted molar refractivity (Wildman–Crippen MR) is 123 cm³/mol. The Balaban J connectivity index is 1.72. The monoisotopic (exact) mass is 422 g/mol. The molecule has 2 amide bonds. The molecule has 0 bridgehead atoms. The second kappa shape index (κ2) is 10.5. The van der Waals surface area contributed by atoms with Crippen molar-refractivity contribution in [2.75, 3.05) is 6.61 Å². The van der Waals surface area contributed by atoms with Crippen molar-refractivity contribution in [3.8, 4) is 5.75 Å². The first kappa shape index (κ1) is 22.9. The van der Waals surface area contributed by atoms with Gasteiger partial charge in [-0.25, -0.2) is 0 Å². The van der Waals surface area contributed by atoms with E-state index in [1.807, 2.05) is 57.2 Å². The van der Waals surface area contributed by atoms with Gasteiger partial charge in [-0.3, -0.25) is 9.59 Å². The van der Waals surface area contributed by atoms with Gasteiger partial charge in [0, 0.05) is 12.6 Å². The predicted octanol–water partition coefficient (Wildman–Crippen LogP) is 4.47. The Kier molecular flexibility index (Phi) is 7.72. The van der Waals surface area contributed by atoms with Crippen molar-refractivity contribution >= 4 is 11.8 Å². The molecule has 2 aromatic carbocycles. The van der Waals surface area contributed by atoms with Crippen LogP contribution in [0.25, 0.3) is 0 Å². The van der Waals surface area contributed by atoms with E-state index < -0.39 is 6.04 Å². The molecule has 0 unspecified atom stereocenters. The molecule has 5 heteroatoms. The smallest absolute Gasteiger partial charge is 0.261 e. The summed E-state index contributed by atoms with van der Waals surface area (Å²) in [4.78, 5) is 27.7. The molecule has 1 fully saturated rings. The topological polar surface area (TPSA) is 58.6 Å². The molecule has 1 aliphatic carbocycles. The zero-order chi connectivity index (χ0) is 22.4. The van der Waals surface area contributed by atoms with Gasteiger partial charge in [-0.1, -0.05) is 48.7 Å². The summed E-state index contributed by atoms with van der Waals surface area (Å²) in [5.74, 6) is 0.372. The summed E-state index contributed by atoms with van der Waals surface area (Å²) in [6.45, 7) is 8.10. The van der Waals surface area contributed by atoms with Crippen LogP contribution in [0.2, 0.25) is 0 Å². The molecule has 1 N–H and O–H groups in total. The van der Waals surface area contributed by atoms with E-state index >= 15 is 0 Å². The van der Waals surface area contributed by atoms with Crippen LogP contribution in [0, 0.1) is 20.8 Å². The molecule has 0 heterocycles. The Morgan fingerprint density at radius 2 is 1.61 bits per heavy atom. The number of amides is 2. The number of aryl methyl sites for hydroxylation is 3. The van der Waals surface area contributed by atoms with Gasteiger partial charge in [0.2, 0.25) is 5.91 Å². The SMILES string of the molecule is Cc1ccc(CN(C(=O)COc2cc(C)cc(C)c2)[C@@H](C)C(=O)NC2CCCC2)cc1. The third-order valence-corrected chi connectivity index (χ3v) is 5.90. The number of ether oxygens (including phenoxy) is 1.